The molecule has 0 spiro atoms. The zero-order valence-electron chi connectivity index (χ0n) is 12.5. The van der Waals surface area contributed by atoms with Gasteiger partial charge in [0.2, 0.25) is 10.0 Å². The Balaban J connectivity index is 2.40. The van der Waals surface area contributed by atoms with Gasteiger partial charge in [-0.05, 0) is 10.6 Å². The second-order valence-electron chi connectivity index (χ2n) is 4.94. The maximum atomic E-state index is 12.7. The predicted molar refractivity (Wildman–Crippen MR) is 91.6 cm³/mol. The minimum Gasteiger partial charge on any atom is -0.293 e. The maximum Gasteiger partial charge on any atom is 0.221 e. The number of sulfonamides is 1. The molecule has 0 unspecified atom stereocenters. The van der Waals surface area contributed by atoms with Crippen LogP contribution >= 0.6 is 7.92 Å². The van der Waals surface area contributed by atoms with Crippen molar-refractivity contribution in [3.8, 4) is 0 Å². The zero-order valence-corrected chi connectivity index (χ0v) is 14.2. The molecular formula is C16H18NO3PS. The van der Waals surface area contributed by atoms with Crippen LogP contribution in [0.4, 0.5) is 0 Å². The number of carbonyl (C=O) groups is 1. The van der Waals surface area contributed by atoms with Crippen molar-refractivity contribution >= 4 is 34.1 Å². The van der Waals surface area contributed by atoms with Crippen molar-refractivity contribution in [1.82, 2.24) is 4.31 Å². The van der Waals surface area contributed by atoms with E-state index in [-0.39, 0.29) is 5.52 Å². The van der Waals surface area contributed by atoms with Crippen LogP contribution in [0.15, 0.2) is 60.7 Å². The van der Waals surface area contributed by atoms with Crippen molar-refractivity contribution in [3.63, 3.8) is 0 Å². The minimum atomic E-state index is -3.56. The Hall–Kier alpha value is -1.55. The van der Waals surface area contributed by atoms with Crippen LogP contribution < -0.4 is 10.6 Å². The lowest BCUT2D eigenvalue weighted by atomic mass is 10.4. The van der Waals surface area contributed by atoms with E-state index in [1.807, 2.05) is 60.7 Å². The van der Waals surface area contributed by atoms with Gasteiger partial charge in [0.15, 0.2) is 5.52 Å². The molecule has 0 aliphatic heterocycles. The molecule has 0 aliphatic carbocycles. The molecule has 4 nitrogen and oxygen atoms in total. The summed E-state index contributed by atoms with van der Waals surface area (Å²) in [5.74, 6) is -0.477. The van der Waals surface area contributed by atoms with Crippen molar-refractivity contribution in [1.29, 1.82) is 0 Å². The van der Waals surface area contributed by atoms with Gasteiger partial charge in [-0.3, -0.25) is 4.79 Å². The molecule has 2 aromatic carbocycles. The average Bonchev–Trinajstić information content (AvgIpc) is 2.49. The molecule has 0 fully saturated rings. The molecule has 0 aliphatic rings. The van der Waals surface area contributed by atoms with Gasteiger partial charge in [-0.25, -0.2) is 12.7 Å². The Morgan fingerprint density at radius 2 is 1.32 bits per heavy atom. The second kappa shape index (κ2) is 7.14. The van der Waals surface area contributed by atoms with Crippen molar-refractivity contribution < 1.29 is 13.2 Å². The molecule has 0 saturated carbocycles. The van der Waals surface area contributed by atoms with Gasteiger partial charge in [-0.2, -0.15) is 0 Å². The van der Waals surface area contributed by atoms with Crippen molar-refractivity contribution in [3.05, 3.63) is 60.7 Å². The Labute approximate surface area is 132 Å². The first-order valence-corrected chi connectivity index (χ1v) is 9.70. The minimum absolute atomic E-state index is 0.263. The summed E-state index contributed by atoms with van der Waals surface area (Å²) in [7, 11) is -2.02. The van der Waals surface area contributed by atoms with Crippen molar-refractivity contribution in [2.45, 2.75) is 0 Å². The quantitative estimate of drug-likeness (QED) is 0.753. The van der Waals surface area contributed by atoms with Crippen LogP contribution in [0.25, 0.3) is 0 Å². The van der Waals surface area contributed by atoms with E-state index in [0.717, 1.165) is 14.9 Å². The topological polar surface area (TPSA) is 54.5 Å². The van der Waals surface area contributed by atoms with Gasteiger partial charge in [0.1, 0.15) is 5.75 Å². The summed E-state index contributed by atoms with van der Waals surface area (Å²) < 4.78 is 25.1. The summed E-state index contributed by atoms with van der Waals surface area (Å²) in [6, 6.07) is 18.7. The highest BCUT2D eigenvalue weighted by Gasteiger charge is 2.28. The van der Waals surface area contributed by atoms with E-state index in [9.17, 15) is 13.2 Å². The van der Waals surface area contributed by atoms with Gasteiger partial charge < -0.3 is 0 Å². The molecule has 0 heterocycles. The first-order valence-electron chi connectivity index (χ1n) is 6.75. The number of hydrogen-bond donors (Lipinski definition) is 0. The fraction of sp³-hybridized carbons (Fsp3) is 0.188. The lowest BCUT2D eigenvalue weighted by Crippen LogP contribution is -2.31. The van der Waals surface area contributed by atoms with E-state index in [4.69, 9.17) is 0 Å². The molecule has 0 amide bonds. The number of carbonyl (C=O) groups excluding carboxylic acids is 1. The SMILES string of the molecule is CN(C)S(=O)(=O)CC(=O)P(c1ccccc1)c1ccccc1. The third kappa shape index (κ3) is 4.01. The van der Waals surface area contributed by atoms with Crippen LogP contribution in [0.5, 0.6) is 0 Å². The molecule has 116 valence electrons. The standard InChI is InChI=1S/C16H18NO3PS/c1-17(2)22(19,20)13-16(18)21(14-9-5-3-6-10-14)15-11-7-4-8-12-15/h3-12H,13H2,1-2H3. The number of hydrogen-bond acceptors (Lipinski definition) is 3. The molecule has 0 bridgehead atoms. The Bertz CT molecular complexity index is 691. The van der Waals surface area contributed by atoms with Gasteiger partial charge >= 0.3 is 0 Å². The summed E-state index contributed by atoms with van der Waals surface area (Å²) in [5, 5.41) is 1.73. The molecule has 6 heteroatoms. The smallest absolute Gasteiger partial charge is 0.221 e. The van der Waals surface area contributed by atoms with Gasteiger partial charge in [0, 0.05) is 22.0 Å². The number of nitrogens with zero attached hydrogens (tertiary/aromatic N) is 1. The highest BCUT2D eigenvalue weighted by Crippen LogP contribution is 2.35. The monoisotopic (exact) mass is 335 g/mol. The predicted octanol–water partition coefficient (Wildman–Crippen LogP) is 1.54. The van der Waals surface area contributed by atoms with E-state index in [1.165, 1.54) is 14.1 Å². The lowest BCUT2D eigenvalue weighted by molar-refractivity contribution is -0.109. The first kappa shape index (κ1) is 16.8. The van der Waals surface area contributed by atoms with Crippen molar-refractivity contribution in [2.75, 3.05) is 19.8 Å². The third-order valence-electron chi connectivity index (χ3n) is 3.14. The molecule has 0 atom stereocenters. The van der Waals surface area contributed by atoms with E-state index < -0.39 is 23.7 Å². The molecule has 0 N–H and O–H groups in total. The van der Waals surface area contributed by atoms with Crippen LogP contribution in [-0.2, 0) is 14.8 Å². The number of rotatable bonds is 6. The Morgan fingerprint density at radius 3 is 1.68 bits per heavy atom. The first-order chi connectivity index (χ1) is 10.4. The second-order valence-corrected chi connectivity index (χ2v) is 9.32. The third-order valence-corrected chi connectivity index (χ3v) is 7.38. The van der Waals surface area contributed by atoms with Crippen molar-refractivity contribution in [2.24, 2.45) is 0 Å². The highest BCUT2D eigenvalue weighted by molar-refractivity contribution is 7.95. The van der Waals surface area contributed by atoms with Crippen LogP contribution in [0.3, 0.4) is 0 Å². The normalized spacial score (nSPS) is 11.8. The van der Waals surface area contributed by atoms with Gasteiger partial charge in [-0.15, -0.1) is 0 Å². The summed E-state index contributed by atoms with van der Waals surface area (Å²) in [6.07, 6.45) is 0. The van der Waals surface area contributed by atoms with Gasteiger partial charge in [-0.1, -0.05) is 60.7 Å². The summed E-state index contributed by atoms with van der Waals surface area (Å²) in [5.41, 5.74) is -0.263. The molecule has 0 aromatic heterocycles. The molecule has 0 radical (unpaired) electrons. The molecule has 0 saturated heterocycles. The largest absolute Gasteiger partial charge is 0.293 e. The van der Waals surface area contributed by atoms with Crippen LogP contribution in [-0.4, -0.2) is 38.1 Å². The van der Waals surface area contributed by atoms with Crippen LogP contribution in [0, 0.1) is 0 Å². The fourth-order valence-electron chi connectivity index (χ4n) is 1.94. The van der Waals surface area contributed by atoms with E-state index >= 15 is 0 Å². The van der Waals surface area contributed by atoms with E-state index in [0.29, 0.717) is 0 Å². The van der Waals surface area contributed by atoms with Gasteiger partial charge in [0.05, 0.1) is 0 Å². The van der Waals surface area contributed by atoms with E-state index in [2.05, 4.69) is 0 Å². The average molecular weight is 335 g/mol. The Morgan fingerprint density at radius 1 is 0.909 bits per heavy atom. The molecular weight excluding hydrogens is 317 g/mol. The summed E-state index contributed by atoms with van der Waals surface area (Å²) >= 11 is 0. The summed E-state index contributed by atoms with van der Waals surface area (Å²) in [6.45, 7) is 0. The van der Waals surface area contributed by atoms with Crippen LogP contribution in [0.1, 0.15) is 0 Å². The highest BCUT2D eigenvalue weighted by atomic mass is 32.2. The van der Waals surface area contributed by atoms with Crippen LogP contribution in [0.2, 0.25) is 0 Å². The van der Waals surface area contributed by atoms with Gasteiger partial charge in [0.25, 0.3) is 0 Å². The fourth-order valence-corrected chi connectivity index (χ4v) is 5.33. The Kier molecular flexibility index (Phi) is 5.46. The molecule has 2 aromatic rings. The molecule has 2 rings (SSSR count). The summed E-state index contributed by atoms with van der Waals surface area (Å²) in [4.78, 5) is 12.7. The zero-order chi connectivity index (χ0) is 16.2. The number of benzene rings is 2. The molecule has 22 heavy (non-hydrogen) atoms. The lowest BCUT2D eigenvalue weighted by Gasteiger charge is -2.18. The van der Waals surface area contributed by atoms with E-state index in [1.54, 1.807) is 0 Å². The maximum absolute atomic E-state index is 12.7.